The average Bonchev–Trinajstić information content (AvgIpc) is 2.83. The van der Waals surface area contributed by atoms with Gasteiger partial charge >= 0.3 is 5.69 Å². The van der Waals surface area contributed by atoms with Gasteiger partial charge in [-0.3, -0.25) is 14.9 Å². The van der Waals surface area contributed by atoms with E-state index in [0.29, 0.717) is 16.8 Å². The Kier molecular flexibility index (Phi) is 4.14. The zero-order chi connectivity index (χ0) is 17.4. The van der Waals surface area contributed by atoms with E-state index in [4.69, 9.17) is 4.74 Å². The highest BCUT2D eigenvalue weighted by atomic mass is 127. The molecule has 0 saturated carbocycles. The number of methoxy groups -OCH3 is 1. The summed E-state index contributed by atoms with van der Waals surface area (Å²) in [4.78, 5) is 23.0. The van der Waals surface area contributed by atoms with Crippen LogP contribution in [0.25, 0.3) is 11.6 Å². The number of nitrogens with one attached hydrogen (secondary N) is 1. The van der Waals surface area contributed by atoms with Crippen molar-refractivity contribution in [1.29, 1.82) is 0 Å². The van der Waals surface area contributed by atoms with Gasteiger partial charge in [-0.05, 0) is 59.0 Å². The maximum Gasteiger partial charge on any atom is 0.322 e. The Morgan fingerprint density at radius 3 is 2.75 bits per heavy atom. The number of hydrogen-bond acceptors (Lipinski definition) is 5. The second kappa shape index (κ2) is 6.11. The Hall–Kier alpha value is -2.62. The molecule has 2 aromatic carbocycles. The van der Waals surface area contributed by atoms with Crippen LogP contribution in [0.1, 0.15) is 11.1 Å². The summed E-state index contributed by atoms with van der Waals surface area (Å²) in [6.07, 6.45) is 1.43. The van der Waals surface area contributed by atoms with Gasteiger partial charge in [0.1, 0.15) is 0 Å². The van der Waals surface area contributed by atoms with E-state index in [1.54, 1.807) is 6.07 Å². The minimum Gasteiger partial charge on any atom is -0.504 e. The average molecular weight is 438 g/mol. The second-order valence-electron chi connectivity index (χ2n) is 5.01. The second-order valence-corrected chi connectivity index (χ2v) is 6.26. The number of rotatable bonds is 3. The first kappa shape index (κ1) is 16.2. The van der Waals surface area contributed by atoms with Gasteiger partial charge in [-0.1, -0.05) is 0 Å². The van der Waals surface area contributed by atoms with Crippen molar-refractivity contribution >= 4 is 51.5 Å². The number of nitro groups is 1. The Bertz CT molecular complexity index is 908. The molecule has 0 saturated heterocycles. The number of halogens is 1. The number of aromatic hydroxyl groups is 1. The van der Waals surface area contributed by atoms with Crippen LogP contribution in [0.5, 0.6) is 11.5 Å². The third kappa shape index (κ3) is 2.68. The molecular formula is C16H11IN2O5. The highest BCUT2D eigenvalue weighted by Crippen LogP contribution is 2.41. The van der Waals surface area contributed by atoms with Crippen LogP contribution in [0.4, 0.5) is 11.4 Å². The fourth-order valence-corrected chi connectivity index (χ4v) is 3.03. The van der Waals surface area contributed by atoms with Crippen molar-refractivity contribution in [1.82, 2.24) is 0 Å². The summed E-state index contributed by atoms with van der Waals surface area (Å²) in [5, 5.41) is 23.9. The molecule has 24 heavy (non-hydrogen) atoms. The van der Waals surface area contributed by atoms with E-state index in [0.717, 1.165) is 3.57 Å². The number of ether oxygens (including phenoxy) is 1. The van der Waals surface area contributed by atoms with Crippen molar-refractivity contribution in [3.8, 4) is 11.5 Å². The van der Waals surface area contributed by atoms with E-state index >= 15 is 0 Å². The molecule has 3 rings (SSSR count). The predicted octanol–water partition coefficient (Wildman–Crippen LogP) is 3.41. The monoisotopic (exact) mass is 438 g/mol. The standard InChI is InChI=1S/C16H11IN2O5/c1-24-15-13(20)5-2-8(14(15)19(22)23)6-11-10-7-9(17)3-4-12(10)18-16(11)21/h2-7,20H,1H3,(H,18,21). The molecule has 0 atom stereocenters. The molecular weight excluding hydrogens is 427 g/mol. The predicted molar refractivity (Wildman–Crippen MR) is 97.0 cm³/mol. The number of carbonyl (C=O) groups is 1. The molecule has 0 aliphatic carbocycles. The first-order valence-corrected chi connectivity index (χ1v) is 7.87. The van der Waals surface area contributed by atoms with Crippen molar-refractivity contribution in [2.45, 2.75) is 0 Å². The number of anilines is 1. The third-order valence-corrected chi connectivity index (χ3v) is 4.26. The summed E-state index contributed by atoms with van der Waals surface area (Å²) < 4.78 is 5.87. The van der Waals surface area contributed by atoms with Gasteiger partial charge < -0.3 is 15.2 Å². The molecule has 0 aromatic heterocycles. The molecule has 7 nitrogen and oxygen atoms in total. The molecule has 0 fully saturated rings. The van der Waals surface area contributed by atoms with Gasteiger partial charge in [0.25, 0.3) is 5.91 Å². The molecule has 0 unspecified atom stereocenters. The smallest absolute Gasteiger partial charge is 0.322 e. The molecule has 0 bridgehead atoms. The fourth-order valence-electron chi connectivity index (χ4n) is 2.54. The SMILES string of the molecule is COc1c(O)ccc(C=C2C(=O)Nc3ccc(I)cc32)c1[N+](=O)[O-]. The molecule has 1 amide bonds. The summed E-state index contributed by atoms with van der Waals surface area (Å²) >= 11 is 2.13. The summed E-state index contributed by atoms with van der Waals surface area (Å²) in [6, 6.07) is 8.13. The van der Waals surface area contributed by atoms with E-state index in [-0.39, 0.29) is 23.0 Å². The third-order valence-electron chi connectivity index (χ3n) is 3.59. The molecule has 8 heteroatoms. The van der Waals surface area contributed by atoms with Gasteiger partial charge in [0.2, 0.25) is 5.75 Å². The molecule has 1 heterocycles. The molecule has 0 radical (unpaired) electrons. The molecule has 2 N–H and O–H groups in total. The van der Waals surface area contributed by atoms with Crippen LogP contribution in [0.2, 0.25) is 0 Å². The summed E-state index contributed by atoms with van der Waals surface area (Å²) in [7, 11) is 1.24. The minimum atomic E-state index is -0.645. The van der Waals surface area contributed by atoms with Crippen LogP contribution in [-0.4, -0.2) is 23.0 Å². The Labute approximate surface area is 150 Å². The summed E-state index contributed by atoms with van der Waals surface area (Å²) in [5.74, 6) is -0.916. The Balaban J connectivity index is 2.22. The molecule has 1 aliphatic heterocycles. The quantitative estimate of drug-likeness (QED) is 0.331. The maximum atomic E-state index is 12.2. The lowest BCUT2D eigenvalue weighted by Gasteiger charge is -2.07. The minimum absolute atomic E-state index is 0.173. The topological polar surface area (TPSA) is 102 Å². The Morgan fingerprint density at radius 2 is 2.08 bits per heavy atom. The van der Waals surface area contributed by atoms with E-state index in [1.165, 1.54) is 25.3 Å². The Morgan fingerprint density at radius 1 is 1.33 bits per heavy atom. The largest absolute Gasteiger partial charge is 0.504 e. The van der Waals surface area contributed by atoms with Crippen LogP contribution in [-0.2, 0) is 4.79 Å². The van der Waals surface area contributed by atoms with Gasteiger partial charge in [-0.2, -0.15) is 0 Å². The van der Waals surface area contributed by atoms with Crippen LogP contribution < -0.4 is 10.1 Å². The molecule has 122 valence electrons. The lowest BCUT2D eigenvalue weighted by molar-refractivity contribution is -0.386. The first-order chi connectivity index (χ1) is 11.4. The van der Waals surface area contributed by atoms with Crippen LogP contribution in [0, 0.1) is 13.7 Å². The van der Waals surface area contributed by atoms with Crippen molar-refractivity contribution in [2.75, 3.05) is 12.4 Å². The van der Waals surface area contributed by atoms with E-state index in [9.17, 15) is 20.0 Å². The molecule has 1 aliphatic rings. The molecule has 2 aromatic rings. The number of hydrogen-bond donors (Lipinski definition) is 2. The van der Waals surface area contributed by atoms with Gasteiger partial charge in [0.05, 0.1) is 17.6 Å². The molecule has 0 spiro atoms. The number of phenols is 1. The lowest BCUT2D eigenvalue weighted by atomic mass is 10.0. The summed E-state index contributed by atoms with van der Waals surface area (Å²) in [5.41, 5.74) is 1.43. The van der Waals surface area contributed by atoms with Crippen molar-refractivity contribution < 1.29 is 19.6 Å². The van der Waals surface area contributed by atoms with Crippen LogP contribution in [0.3, 0.4) is 0 Å². The highest BCUT2D eigenvalue weighted by Gasteiger charge is 2.28. The number of phenolic OH excluding ortho intramolecular Hbond substituents is 1. The number of fused-ring (bicyclic) bond motifs is 1. The number of amides is 1. The first-order valence-electron chi connectivity index (χ1n) is 6.79. The number of carbonyl (C=O) groups excluding carboxylic acids is 1. The van der Waals surface area contributed by atoms with Crippen molar-refractivity contribution in [3.05, 3.63) is 55.1 Å². The van der Waals surface area contributed by atoms with Gasteiger partial charge in [-0.15, -0.1) is 0 Å². The lowest BCUT2D eigenvalue weighted by Crippen LogP contribution is -2.04. The van der Waals surface area contributed by atoms with E-state index in [2.05, 4.69) is 27.9 Å². The maximum absolute atomic E-state index is 12.2. The van der Waals surface area contributed by atoms with E-state index in [1.807, 2.05) is 12.1 Å². The number of benzene rings is 2. The van der Waals surface area contributed by atoms with Crippen molar-refractivity contribution in [2.24, 2.45) is 0 Å². The van der Waals surface area contributed by atoms with Crippen molar-refractivity contribution in [3.63, 3.8) is 0 Å². The van der Waals surface area contributed by atoms with Crippen LogP contribution in [0.15, 0.2) is 30.3 Å². The van der Waals surface area contributed by atoms with E-state index < -0.39 is 10.6 Å². The number of nitro benzene ring substituents is 1. The van der Waals surface area contributed by atoms with Gasteiger partial charge in [0, 0.05) is 20.4 Å². The highest BCUT2D eigenvalue weighted by molar-refractivity contribution is 14.1. The zero-order valence-electron chi connectivity index (χ0n) is 12.4. The zero-order valence-corrected chi connectivity index (χ0v) is 14.5. The van der Waals surface area contributed by atoms with Gasteiger partial charge in [0.15, 0.2) is 5.75 Å². The fraction of sp³-hybridized carbons (Fsp3) is 0.0625. The van der Waals surface area contributed by atoms with Gasteiger partial charge in [-0.25, -0.2) is 0 Å². The number of nitrogens with zero attached hydrogens (tertiary/aromatic N) is 1. The normalized spacial score (nSPS) is 14.4. The van der Waals surface area contributed by atoms with Crippen LogP contribution >= 0.6 is 22.6 Å². The summed E-state index contributed by atoms with van der Waals surface area (Å²) in [6.45, 7) is 0.